The van der Waals surface area contributed by atoms with E-state index in [1.54, 1.807) is 6.07 Å². The number of rotatable bonds is 4. The molecule has 0 unspecified atom stereocenters. The van der Waals surface area contributed by atoms with Crippen molar-refractivity contribution in [2.45, 2.75) is 0 Å². The van der Waals surface area contributed by atoms with Gasteiger partial charge in [-0.15, -0.1) is 0 Å². The molecule has 3 heteroatoms. The zero-order valence-corrected chi connectivity index (χ0v) is 10.5. The predicted molar refractivity (Wildman–Crippen MR) is 75.4 cm³/mol. The van der Waals surface area contributed by atoms with Crippen LogP contribution in [0.15, 0.2) is 54.6 Å². The van der Waals surface area contributed by atoms with Crippen LogP contribution in [-0.2, 0) is 0 Å². The van der Waals surface area contributed by atoms with Crippen LogP contribution in [0.3, 0.4) is 0 Å². The Hall–Kier alpha value is -1.80. The number of nitrogens with one attached hydrogen (secondary N) is 1. The summed E-state index contributed by atoms with van der Waals surface area (Å²) in [6.45, 7) is 0.548. The first-order valence-corrected chi connectivity index (χ1v) is 6.04. The van der Waals surface area contributed by atoms with Gasteiger partial charge in [0.25, 0.3) is 0 Å². The molecule has 0 aromatic heterocycles. The molecule has 0 heterocycles. The molecule has 0 aliphatic rings. The average molecular weight is 262 g/mol. The molecule has 0 amide bonds. The van der Waals surface area contributed by atoms with Crippen molar-refractivity contribution in [1.82, 2.24) is 0 Å². The molecule has 2 rings (SSSR count). The zero-order chi connectivity index (χ0) is 12.8. The third-order valence-corrected chi connectivity index (χ3v) is 2.68. The van der Waals surface area contributed by atoms with Crippen LogP contribution in [-0.4, -0.2) is 6.54 Å². The van der Waals surface area contributed by atoms with Gasteiger partial charge in [0, 0.05) is 11.6 Å². The first kappa shape index (κ1) is 12.7. The fourth-order valence-corrected chi connectivity index (χ4v) is 1.73. The molecule has 2 aromatic carbocycles. The summed E-state index contributed by atoms with van der Waals surface area (Å²) >= 11 is 5.80. The van der Waals surface area contributed by atoms with E-state index in [-0.39, 0.29) is 5.82 Å². The van der Waals surface area contributed by atoms with Crippen LogP contribution < -0.4 is 5.32 Å². The molecule has 0 fully saturated rings. The highest BCUT2D eigenvalue weighted by Crippen LogP contribution is 2.19. The van der Waals surface area contributed by atoms with Crippen LogP contribution in [0.2, 0.25) is 5.02 Å². The van der Waals surface area contributed by atoms with E-state index < -0.39 is 0 Å². The second-order valence-electron chi connectivity index (χ2n) is 3.82. The molecule has 1 N–H and O–H groups in total. The highest BCUT2D eigenvalue weighted by molar-refractivity contribution is 6.30. The van der Waals surface area contributed by atoms with E-state index in [0.29, 0.717) is 17.3 Å². The summed E-state index contributed by atoms with van der Waals surface area (Å²) < 4.78 is 13.4. The van der Waals surface area contributed by atoms with Crippen LogP contribution in [0.4, 0.5) is 10.1 Å². The Labute approximate surface area is 111 Å². The molecule has 0 radical (unpaired) electrons. The van der Waals surface area contributed by atoms with Crippen molar-refractivity contribution < 1.29 is 4.39 Å². The maximum Gasteiger partial charge on any atom is 0.146 e. The minimum absolute atomic E-state index is 0.299. The van der Waals surface area contributed by atoms with Crippen molar-refractivity contribution in [2.24, 2.45) is 0 Å². The lowest BCUT2D eigenvalue weighted by molar-refractivity contribution is 0.631. The monoisotopic (exact) mass is 261 g/mol. The lowest BCUT2D eigenvalue weighted by Crippen LogP contribution is -2.00. The Morgan fingerprint density at radius 3 is 2.67 bits per heavy atom. The van der Waals surface area contributed by atoms with Gasteiger partial charge < -0.3 is 5.32 Å². The fraction of sp³-hybridized carbons (Fsp3) is 0.0667. The number of benzene rings is 2. The van der Waals surface area contributed by atoms with Gasteiger partial charge in [0.2, 0.25) is 0 Å². The Morgan fingerprint density at radius 2 is 1.89 bits per heavy atom. The molecule has 1 nitrogen and oxygen atoms in total. The standard InChI is InChI=1S/C15H13ClFN/c16-13-8-9-14(17)15(11-13)18-10-4-7-12-5-2-1-3-6-12/h1-9,11,18H,10H2. The van der Waals surface area contributed by atoms with Gasteiger partial charge in [0.05, 0.1) is 5.69 Å². The molecule has 92 valence electrons. The molecular formula is C15H13ClFN. The van der Waals surface area contributed by atoms with Crippen molar-refractivity contribution in [3.63, 3.8) is 0 Å². The summed E-state index contributed by atoms with van der Waals surface area (Å²) in [5, 5.41) is 3.50. The van der Waals surface area contributed by atoms with Gasteiger partial charge in [-0.2, -0.15) is 0 Å². The van der Waals surface area contributed by atoms with Crippen LogP contribution in [0, 0.1) is 5.82 Å². The minimum Gasteiger partial charge on any atom is -0.379 e. The molecule has 0 aliphatic heterocycles. The Bertz CT molecular complexity index is 537. The van der Waals surface area contributed by atoms with E-state index in [1.165, 1.54) is 12.1 Å². The van der Waals surface area contributed by atoms with Crippen molar-refractivity contribution in [3.05, 3.63) is 71.0 Å². The average Bonchev–Trinajstić information content (AvgIpc) is 2.40. The molecule has 18 heavy (non-hydrogen) atoms. The Kier molecular flexibility index (Phi) is 4.37. The van der Waals surface area contributed by atoms with Crippen molar-refractivity contribution >= 4 is 23.4 Å². The van der Waals surface area contributed by atoms with E-state index >= 15 is 0 Å². The lowest BCUT2D eigenvalue weighted by atomic mass is 10.2. The van der Waals surface area contributed by atoms with Gasteiger partial charge in [-0.25, -0.2) is 4.39 Å². The molecule has 0 spiro atoms. The van der Waals surface area contributed by atoms with Crippen LogP contribution in [0.1, 0.15) is 5.56 Å². The summed E-state index contributed by atoms with van der Waals surface area (Å²) in [7, 11) is 0. The van der Waals surface area contributed by atoms with Gasteiger partial charge in [0.15, 0.2) is 0 Å². The molecule has 0 saturated carbocycles. The summed E-state index contributed by atoms with van der Waals surface area (Å²) in [5.41, 5.74) is 1.53. The number of hydrogen-bond donors (Lipinski definition) is 1. The third kappa shape index (κ3) is 3.60. The summed E-state index contributed by atoms with van der Waals surface area (Å²) in [6.07, 6.45) is 3.92. The van der Waals surface area contributed by atoms with Crippen molar-refractivity contribution in [2.75, 3.05) is 11.9 Å². The van der Waals surface area contributed by atoms with E-state index in [1.807, 2.05) is 42.5 Å². The Morgan fingerprint density at radius 1 is 1.11 bits per heavy atom. The summed E-state index contributed by atoms with van der Waals surface area (Å²) in [5.74, 6) is -0.299. The molecule has 2 aromatic rings. The largest absolute Gasteiger partial charge is 0.379 e. The quantitative estimate of drug-likeness (QED) is 0.848. The molecular weight excluding hydrogens is 249 g/mol. The highest BCUT2D eigenvalue weighted by Gasteiger charge is 2.00. The molecule has 0 bridgehead atoms. The van der Waals surface area contributed by atoms with E-state index in [4.69, 9.17) is 11.6 Å². The number of halogens is 2. The number of anilines is 1. The Balaban J connectivity index is 1.92. The van der Waals surface area contributed by atoms with Gasteiger partial charge in [-0.05, 0) is 23.8 Å². The SMILES string of the molecule is Fc1ccc(Cl)cc1NCC=Cc1ccccc1. The second kappa shape index (κ2) is 6.22. The minimum atomic E-state index is -0.299. The van der Waals surface area contributed by atoms with Crippen LogP contribution in [0.5, 0.6) is 0 Å². The van der Waals surface area contributed by atoms with Gasteiger partial charge >= 0.3 is 0 Å². The zero-order valence-electron chi connectivity index (χ0n) is 9.74. The van der Waals surface area contributed by atoms with E-state index in [2.05, 4.69) is 5.32 Å². The molecule has 0 saturated heterocycles. The molecule has 0 atom stereocenters. The van der Waals surface area contributed by atoms with Gasteiger partial charge in [0.1, 0.15) is 5.82 Å². The van der Waals surface area contributed by atoms with E-state index in [9.17, 15) is 4.39 Å². The summed E-state index contributed by atoms with van der Waals surface area (Å²) in [6, 6.07) is 14.4. The van der Waals surface area contributed by atoms with Crippen molar-refractivity contribution in [3.8, 4) is 0 Å². The topological polar surface area (TPSA) is 12.0 Å². The van der Waals surface area contributed by atoms with Gasteiger partial charge in [-0.3, -0.25) is 0 Å². The maximum atomic E-state index is 13.4. The normalized spacial score (nSPS) is 10.8. The second-order valence-corrected chi connectivity index (χ2v) is 4.25. The van der Waals surface area contributed by atoms with Crippen LogP contribution in [0.25, 0.3) is 6.08 Å². The first-order chi connectivity index (χ1) is 8.75. The fourth-order valence-electron chi connectivity index (χ4n) is 1.56. The van der Waals surface area contributed by atoms with E-state index in [0.717, 1.165) is 5.56 Å². The number of hydrogen-bond acceptors (Lipinski definition) is 1. The molecule has 0 aliphatic carbocycles. The summed E-state index contributed by atoms with van der Waals surface area (Å²) in [4.78, 5) is 0. The predicted octanol–water partition coefficient (Wildman–Crippen LogP) is 4.60. The van der Waals surface area contributed by atoms with Crippen molar-refractivity contribution in [1.29, 1.82) is 0 Å². The maximum absolute atomic E-state index is 13.4. The first-order valence-electron chi connectivity index (χ1n) is 5.66. The third-order valence-electron chi connectivity index (χ3n) is 2.45. The lowest BCUT2D eigenvalue weighted by Gasteiger charge is -2.05. The smallest absolute Gasteiger partial charge is 0.146 e. The highest BCUT2D eigenvalue weighted by atomic mass is 35.5. The van der Waals surface area contributed by atoms with Gasteiger partial charge in [-0.1, -0.05) is 54.1 Å². The van der Waals surface area contributed by atoms with Crippen LogP contribution >= 0.6 is 11.6 Å².